The molecule has 1 unspecified atom stereocenters. The van der Waals surface area contributed by atoms with Gasteiger partial charge in [0.2, 0.25) is 0 Å². The number of aryl methyl sites for hydroxylation is 2. The van der Waals surface area contributed by atoms with E-state index in [2.05, 4.69) is 30.5 Å². The molecule has 1 aromatic carbocycles. The summed E-state index contributed by atoms with van der Waals surface area (Å²) >= 11 is 1.72. The predicted octanol–water partition coefficient (Wildman–Crippen LogP) is 4.06. The summed E-state index contributed by atoms with van der Waals surface area (Å²) in [5, 5.41) is 5.64. The highest BCUT2D eigenvalue weighted by Crippen LogP contribution is 2.25. The van der Waals surface area contributed by atoms with Crippen LogP contribution in [0.2, 0.25) is 0 Å². The molecule has 2 rings (SSSR count). The van der Waals surface area contributed by atoms with Crippen LogP contribution < -0.4 is 10.6 Å². The van der Waals surface area contributed by atoms with Gasteiger partial charge in [0.15, 0.2) is 0 Å². The van der Waals surface area contributed by atoms with Crippen molar-refractivity contribution in [1.29, 1.82) is 0 Å². The smallest absolute Gasteiger partial charge is 0.315 e. The normalized spacial score (nSPS) is 12.0. The summed E-state index contributed by atoms with van der Waals surface area (Å²) in [7, 11) is 0. The third kappa shape index (κ3) is 4.29. The number of hydrogen-bond acceptors (Lipinski definition) is 2. The lowest BCUT2D eigenvalue weighted by atomic mass is 10.1. The second-order valence-corrected chi connectivity index (χ2v) is 6.51. The molecule has 2 N–H and O–H groups in total. The minimum atomic E-state index is -0.299. The van der Waals surface area contributed by atoms with E-state index in [-0.39, 0.29) is 17.9 Å². The Morgan fingerprint density at radius 3 is 2.71 bits per heavy atom. The molecular formula is C16H19FN2OS. The maximum atomic E-state index is 13.0. The molecule has 1 atom stereocenters. The van der Waals surface area contributed by atoms with E-state index in [0.29, 0.717) is 6.54 Å². The Balaban J connectivity index is 1.88. The standard InChI is InChI=1S/C16H19FN2OS/c1-10-7-15(12(3)21-10)11(2)19-16(20)18-9-13-5-4-6-14(17)8-13/h4-8,11H,9H2,1-3H3,(H2,18,19,20). The second kappa shape index (κ2) is 6.72. The molecule has 21 heavy (non-hydrogen) atoms. The summed E-state index contributed by atoms with van der Waals surface area (Å²) in [5.74, 6) is -0.299. The number of carbonyl (C=O) groups excluding carboxylic acids is 1. The number of rotatable bonds is 4. The maximum Gasteiger partial charge on any atom is 0.315 e. The Morgan fingerprint density at radius 2 is 2.10 bits per heavy atom. The SMILES string of the molecule is Cc1cc(C(C)NC(=O)NCc2cccc(F)c2)c(C)s1. The van der Waals surface area contributed by atoms with Crippen molar-refractivity contribution in [2.24, 2.45) is 0 Å². The van der Waals surface area contributed by atoms with Crippen LogP contribution in [0, 0.1) is 19.7 Å². The van der Waals surface area contributed by atoms with Crippen LogP contribution >= 0.6 is 11.3 Å². The predicted molar refractivity (Wildman–Crippen MR) is 84.0 cm³/mol. The van der Waals surface area contributed by atoms with E-state index in [9.17, 15) is 9.18 Å². The van der Waals surface area contributed by atoms with Gasteiger partial charge in [0.25, 0.3) is 0 Å². The molecule has 0 saturated carbocycles. The molecule has 3 nitrogen and oxygen atoms in total. The highest BCUT2D eigenvalue weighted by atomic mass is 32.1. The quantitative estimate of drug-likeness (QED) is 0.878. The number of amides is 2. The molecule has 0 fully saturated rings. The van der Waals surface area contributed by atoms with Gasteiger partial charge in [-0.1, -0.05) is 12.1 Å². The van der Waals surface area contributed by atoms with Gasteiger partial charge in [-0.2, -0.15) is 0 Å². The molecule has 0 spiro atoms. The summed E-state index contributed by atoms with van der Waals surface area (Å²) < 4.78 is 13.0. The average molecular weight is 306 g/mol. The van der Waals surface area contributed by atoms with Crippen molar-refractivity contribution >= 4 is 17.4 Å². The van der Waals surface area contributed by atoms with Crippen LogP contribution in [0.15, 0.2) is 30.3 Å². The second-order valence-electron chi connectivity index (χ2n) is 5.05. The lowest BCUT2D eigenvalue weighted by Crippen LogP contribution is -2.36. The molecule has 1 heterocycles. The van der Waals surface area contributed by atoms with Gasteiger partial charge in [0.1, 0.15) is 5.82 Å². The zero-order valence-electron chi connectivity index (χ0n) is 12.4. The molecule has 1 aromatic heterocycles. The van der Waals surface area contributed by atoms with Gasteiger partial charge in [0, 0.05) is 16.3 Å². The fourth-order valence-electron chi connectivity index (χ4n) is 2.24. The highest BCUT2D eigenvalue weighted by Gasteiger charge is 2.13. The van der Waals surface area contributed by atoms with E-state index in [1.165, 1.54) is 21.9 Å². The molecule has 2 amide bonds. The molecule has 0 aliphatic carbocycles. The number of benzene rings is 1. The Bertz CT molecular complexity index is 639. The fraction of sp³-hybridized carbons (Fsp3) is 0.312. The highest BCUT2D eigenvalue weighted by molar-refractivity contribution is 7.12. The van der Waals surface area contributed by atoms with E-state index in [1.54, 1.807) is 23.5 Å². The zero-order valence-corrected chi connectivity index (χ0v) is 13.2. The number of nitrogens with one attached hydrogen (secondary N) is 2. The number of carbonyl (C=O) groups is 1. The molecule has 0 aliphatic rings. The summed E-state index contributed by atoms with van der Waals surface area (Å²) in [6.45, 7) is 6.36. The number of hydrogen-bond donors (Lipinski definition) is 2. The van der Waals surface area contributed by atoms with Crippen molar-refractivity contribution in [3.05, 3.63) is 57.0 Å². The van der Waals surface area contributed by atoms with E-state index >= 15 is 0 Å². The molecule has 0 saturated heterocycles. The molecular weight excluding hydrogens is 287 g/mol. The van der Waals surface area contributed by atoms with E-state index in [4.69, 9.17) is 0 Å². The summed E-state index contributed by atoms with van der Waals surface area (Å²) in [6.07, 6.45) is 0. The Kier molecular flexibility index (Phi) is 4.96. The lowest BCUT2D eigenvalue weighted by Gasteiger charge is -2.15. The maximum absolute atomic E-state index is 13.0. The largest absolute Gasteiger partial charge is 0.334 e. The van der Waals surface area contributed by atoms with Crippen molar-refractivity contribution in [2.45, 2.75) is 33.4 Å². The minimum Gasteiger partial charge on any atom is -0.334 e. The van der Waals surface area contributed by atoms with Crippen molar-refractivity contribution in [3.63, 3.8) is 0 Å². The van der Waals surface area contributed by atoms with Gasteiger partial charge in [-0.3, -0.25) is 0 Å². The topological polar surface area (TPSA) is 41.1 Å². The summed E-state index contributed by atoms with van der Waals surface area (Å²) in [6, 6.07) is 7.99. The van der Waals surface area contributed by atoms with E-state index in [1.807, 2.05) is 6.92 Å². The average Bonchev–Trinajstić information content (AvgIpc) is 2.75. The molecule has 0 radical (unpaired) electrons. The number of urea groups is 1. The third-order valence-corrected chi connectivity index (χ3v) is 4.22. The Morgan fingerprint density at radius 1 is 1.33 bits per heavy atom. The van der Waals surface area contributed by atoms with Crippen molar-refractivity contribution in [1.82, 2.24) is 10.6 Å². The molecule has 0 bridgehead atoms. The third-order valence-electron chi connectivity index (χ3n) is 3.24. The first-order valence-electron chi connectivity index (χ1n) is 6.81. The van der Waals surface area contributed by atoms with Gasteiger partial charge in [-0.15, -0.1) is 11.3 Å². The van der Waals surface area contributed by atoms with Gasteiger partial charge in [0.05, 0.1) is 6.04 Å². The molecule has 0 aliphatic heterocycles. The number of thiophene rings is 1. The summed E-state index contributed by atoms with van der Waals surface area (Å²) in [5.41, 5.74) is 1.87. The molecule has 5 heteroatoms. The van der Waals surface area contributed by atoms with E-state index in [0.717, 1.165) is 11.1 Å². The van der Waals surface area contributed by atoms with Gasteiger partial charge in [-0.05, 0) is 50.1 Å². The molecule has 112 valence electrons. The van der Waals surface area contributed by atoms with Crippen molar-refractivity contribution in [2.75, 3.05) is 0 Å². The van der Waals surface area contributed by atoms with Gasteiger partial charge in [-0.25, -0.2) is 9.18 Å². The van der Waals surface area contributed by atoms with Crippen LogP contribution in [0.3, 0.4) is 0 Å². The van der Waals surface area contributed by atoms with Crippen LogP contribution in [-0.4, -0.2) is 6.03 Å². The first-order chi connectivity index (χ1) is 9.95. The van der Waals surface area contributed by atoms with Crippen LogP contribution in [0.1, 0.15) is 33.8 Å². The fourth-order valence-corrected chi connectivity index (χ4v) is 3.26. The monoisotopic (exact) mass is 306 g/mol. The van der Waals surface area contributed by atoms with Crippen LogP contribution in [0.4, 0.5) is 9.18 Å². The first-order valence-corrected chi connectivity index (χ1v) is 7.63. The number of halogens is 1. The zero-order chi connectivity index (χ0) is 15.4. The lowest BCUT2D eigenvalue weighted by molar-refractivity contribution is 0.237. The van der Waals surface area contributed by atoms with E-state index < -0.39 is 0 Å². The van der Waals surface area contributed by atoms with Crippen LogP contribution in [0.25, 0.3) is 0 Å². The van der Waals surface area contributed by atoms with Gasteiger partial charge < -0.3 is 10.6 Å². The van der Waals surface area contributed by atoms with Crippen molar-refractivity contribution in [3.8, 4) is 0 Å². The van der Waals surface area contributed by atoms with Crippen LogP contribution in [0.5, 0.6) is 0 Å². The Labute approximate surface area is 128 Å². The Hall–Kier alpha value is -1.88. The van der Waals surface area contributed by atoms with Crippen molar-refractivity contribution < 1.29 is 9.18 Å². The van der Waals surface area contributed by atoms with Crippen LogP contribution in [-0.2, 0) is 6.54 Å². The summed E-state index contributed by atoms with van der Waals surface area (Å²) in [4.78, 5) is 14.3. The first kappa shape index (κ1) is 15.5. The van der Waals surface area contributed by atoms with Gasteiger partial charge >= 0.3 is 6.03 Å². The molecule has 2 aromatic rings. The minimum absolute atomic E-state index is 0.0533.